The molecule has 0 spiro atoms. The fourth-order valence-corrected chi connectivity index (χ4v) is 4.08. The van der Waals surface area contributed by atoms with E-state index in [1.807, 2.05) is 0 Å². The monoisotopic (exact) mass is 374 g/mol. The van der Waals surface area contributed by atoms with Crippen molar-refractivity contribution < 1.29 is 18.4 Å². The predicted molar refractivity (Wildman–Crippen MR) is 106 cm³/mol. The van der Waals surface area contributed by atoms with Crippen molar-refractivity contribution >= 4 is 22.6 Å². The van der Waals surface area contributed by atoms with Crippen LogP contribution in [0.15, 0.2) is 12.7 Å². The van der Waals surface area contributed by atoms with Gasteiger partial charge in [0.15, 0.2) is 22.7 Å². The van der Waals surface area contributed by atoms with E-state index in [0.29, 0.717) is 0 Å². The number of esters is 1. The van der Waals surface area contributed by atoms with Gasteiger partial charge in [-0.25, -0.2) is 4.79 Å². The average molecular weight is 375 g/mol. The second-order valence-electron chi connectivity index (χ2n) is 9.40. The van der Waals surface area contributed by atoms with Crippen molar-refractivity contribution in [3.05, 3.63) is 12.7 Å². The molecule has 0 aromatic carbocycles. The highest BCUT2D eigenvalue weighted by Crippen LogP contribution is 2.40. The van der Waals surface area contributed by atoms with Gasteiger partial charge in [0.05, 0.1) is 13.2 Å². The van der Waals surface area contributed by atoms with Gasteiger partial charge >= 0.3 is 5.97 Å². The lowest BCUT2D eigenvalue weighted by molar-refractivity contribution is -0.153. The molecule has 0 rings (SSSR count). The van der Waals surface area contributed by atoms with E-state index >= 15 is 0 Å². The molecule has 0 saturated carbocycles. The van der Waals surface area contributed by atoms with Crippen LogP contribution in [0.3, 0.4) is 0 Å². The summed E-state index contributed by atoms with van der Waals surface area (Å²) in [5.74, 6) is -0.400. The maximum absolute atomic E-state index is 12.4. The van der Waals surface area contributed by atoms with E-state index in [-0.39, 0.29) is 10.1 Å². The number of hydrogen-bond acceptors (Lipinski definition) is 4. The minimum Gasteiger partial charge on any atom is -0.467 e. The molecule has 0 fully saturated rings. The number of carbonyl (C=O) groups excluding carboxylic acids is 1. The summed E-state index contributed by atoms with van der Waals surface area (Å²) in [6.45, 7) is 25.4. The largest absolute Gasteiger partial charge is 0.467 e. The first-order valence-electron chi connectivity index (χ1n) is 8.56. The van der Waals surface area contributed by atoms with Crippen molar-refractivity contribution in [2.75, 3.05) is 7.11 Å². The summed E-state index contributed by atoms with van der Waals surface area (Å²) in [6.07, 6.45) is 0.393. The number of ether oxygens (including phenoxy) is 1. The zero-order chi connectivity index (χ0) is 19.6. The minimum absolute atomic E-state index is 0.0119. The van der Waals surface area contributed by atoms with E-state index in [4.69, 9.17) is 13.6 Å². The maximum atomic E-state index is 12.4. The molecule has 142 valence electrons. The van der Waals surface area contributed by atoms with Gasteiger partial charge in [0.1, 0.15) is 0 Å². The zero-order valence-corrected chi connectivity index (χ0v) is 19.6. The van der Waals surface area contributed by atoms with Gasteiger partial charge in [0.2, 0.25) is 0 Å². The number of carbonyl (C=O) groups is 1. The highest BCUT2D eigenvalue weighted by molar-refractivity contribution is 6.74. The van der Waals surface area contributed by atoms with Gasteiger partial charge in [-0.05, 0) is 36.3 Å². The van der Waals surface area contributed by atoms with Crippen molar-refractivity contribution in [2.45, 2.75) is 90.0 Å². The topological polar surface area (TPSA) is 44.8 Å². The van der Waals surface area contributed by atoms with E-state index in [0.717, 1.165) is 0 Å². The van der Waals surface area contributed by atoms with E-state index < -0.39 is 34.8 Å². The second kappa shape index (κ2) is 7.85. The van der Waals surface area contributed by atoms with Crippen LogP contribution in [0.4, 0.5) is 0 Å². The molecule has 6 heteroatoms. The van der Waals surface area contributed by atoms with Crippen LogP contribution in [0.5, 0.6) is 0 Å². The normalized spacial score (nSPS) is 16.5. The fourth-order valence-electron chi connectivity index (χ4n) is 1.61. The van der Waals surface area contributed by atoms with Gasteiger partial charge < -0.3 is 13.6 Å². The Bertz CT molecular complexity index is 445. The molecule has 0 heterocycles. The van der Waals surface area contributed by atoms with Crippen LogP contribution in [0.2, 0.25) is 36.3 Å². The smallest absolute Gasteiger partial charge is 0.336 e. The molecule has 0 N–H and O–H groups in total. The number of methoxy groups -OCH3 is 1. The lowest BCUT2D eigenvalue weighted by atomic mass is 10.2. The highest BCUT2D eigenvalue weighted by Gasteiger charge is 2.46. The van der Waals surface area contributed by atoms with Gasteiger partial charge in [-0.2, -0.15) is 0 Å². The molecular formula is C18H38O4Si2. The molecule has 2 atom stereocenters. The Hall–Kier alpha value is -0.436. The van der Waals surface area contributed by atoms with Crippen molar-refractivity contribution in [3.63, 3.8) is 0 Å². The Morgan fingerprint density at radius 2 is 1.29 bits per heavy atom. The molecule has 0 aromatic heterocycles. The Labute approximate surface area is 151 Å². The van der Waals surface area contributed by atoms with Crippen molar-refractivity contribution in [3.8, 4) is 0 Å². The molecule has 0 saturated heterocycles. The maximum Gasteiger partial charge on any atom is 0.336 e. The van der Waals surface area contributed by atoms with Crippen LogP contribution in [0, 0.1) is 0 Å². The van der Waals surface area contributed by atoms with E-state index in [2.05, 4.69) is 74.3 Å². The molecule has 0 aliphatic heterocycles. The SMILES string of the molecule is C=C[C@H](O[Si](C)(C)C(C)(C)C)[C@H](O[Si](C)(C)C(C)(C)C)C(=O)OC. The van der Waals surface area contributed by atoms with Gasteiger partial charge in [-0.1, -0.05) is 47.6 Å². The first-order chi connectivity index (χ1) is 10.5. The van der Waals surface area contributed by atoms with E-state index in [1.54, 1.807) is 6.08 Å². The molecule has 0 aliphatic rings. The van der Waals surface area contributed by atoms with Crippen molar-refractivity contribution in [2.24, 2.45) is 0 Å². The summed E-state index contributed by atoms with van der Waals surface area (Å²) in [6, 6.07) is 0. The molecule has 0 aliphatic carbocycles. The summed E-state index contributed by atoms with van der Waals surface area (Å²) in [5, 5.41) is 0.0217. The second-order valence-corrected chi connectivity index (χ2v) is 18.9. The zero-order valence-electron chi connectivity index (χ0n) is 17.6. The number of hydrogen-bond donors (Lipinski definition) is 0. The van der Waals surface area contributed by atoms with Gasteiger partial charge in [-0.3, -0.25) is 0 Å². The Morgan fingerprint density at radius 3 is 1.58 bits per heavy atom. The summed E-state index contributed by atoms with van der Waals surface area (Å²) >= 11 is 0. The lowest BCUT2D eigenvalue weighted by Crippen LogP contribution is -2.54. The van der Waals surface area contributed by atoms with Crippen LogP contribution in [-0.2, 0) is 18.4 Å². The third kappa shape index (κ3) is 5.83. The molecule has 0 amide bonds. The van der Waals surface area contributed by atoms with Gasteiger partial charge in [-0.15, -0.1) is 6.58 Å². The van der Waals surface area contributed by atoms with Crippen LogP contribution < -0.4 is 0 Å². The first-order valence-corrected chi connectivity index (χ1v) is 14.4. The van der Waals surface area contributed by atoms with Crippen LogP contribution in [-0.4, -0.2) is 41.9 Å². The molecule has 24 heavy (non-hydrogen) atoms. The minimum atomic E-state index is -2.16. The van der Waals surface area contributed by atoms with Crippen LogP contribution in [0.25, 0.3) is 0 Å². The van der Waals surface area contributed by atoms with Crippen LogP contribution >= 0.6 is 0 Å². The van der Waals surface area contributed by atoms with Crippen LogP contribution in [0.1, 0.15) is 41.5 Å². The molecule has 0 unspecified atom stereocenters. The molecule has 0 radical (unpaired) electrons. The van der Waals surface area contributed by atoms with Gasteiger partial charge in [0.25, 0.3) is 0 Å². The number of rotatable bonds is 7. The standard InChI is InChI=1S/C18H38O4Si2/c1-13-14(21-23(9,10)17(2,3)4)15(16(19)20-8)22-24(11,12)18(5,6)7/h13-15H,1H2,2-12H3/t14-,15-/m0/s1. The van der Waals surface area contributed by atoms with Crippen molar-refractivity contribution in [1.82, 2.24) is 0 Å². The molecular weight excluding hydrogens is 336 g/mol. The summed E-state index contributed by atoms with van der Waals surface area (Å²) in [7, 11) is -2.85. The first kappa shape index (κ1) is 23.6. The summed E-state index contributed by atoms with van der Waals surface area (Å²) < 4.78 is 17.8. The average Bonchev–Trinajstić information content (AvgIpc) is 2.39. The summed E-state index contributed by atoms with van der Waals surface area (Å²) in [4.78, 5) is 12.4. The van der Waals surface area contributed by atoms with Gasteiger partial charge in [0, 0.05) is 0 Å². The Kier molecular flexibility index (Phi) is 7.71. The van der Waals surface area contributed by atoms with E-state index in [1.165, 1.54) is 7.11 Å². The molecule has 0 aromatic rings. The molecule has 0 bridgehead atoms. The highest BCUT2D eigenvalue weighted by atomic mass is 28.4. The Morgan fingerprint density at radius 1 is 0.917 bits per heavy atom. The predicted octanol–water partition coefficient (Wildman–Crippen LogP) is 5.13. The summed E-state index contributed by atoms with van der Waals surface area (Å²) in [5.41, 5.74) is 0. The Balaban J connectivity index is 5.65. The fraction of sp³-hybridized carbons (Fsp3) is 0.833. The quantitative estimate of drug-likeness (QED) is 0.352. The lowest BCUT2D eigenvalue weighted by Gasteiger charge is -2.43. The third-order valence-corrected chi connectivity index (χ3v) is 14.4. The van der Waals surface area contributed by atoms with E-state index in [9.17, 15) is 4.79 Å². The third-order valence-electron chi connectivity index (χ3n) is 5.43. The molecule has 4 nitrogen and oxygen atoms in total. The van der Waals surface area contributed by atoms with Crippen molar-refractivity contribution in [1.29, 1.82) is 0 Å².